The molecule has 0 unspecified atom stereocenters. The lowest BCUT2D eigenvalue weighted by Gasteiger charge is -2.34. The van der Waals surface area contributed by atoms with Crippen molar-refractivity contribution >= 4 is 53.4 Å². The Bertz CT molecular complexity index is 2110. The monoisotopic (exact) mass is 1060 g/mol. The topological polar surface area (TPSA) is 272 Å². The highest BCUT2D eigenvalue weighted by atomic mass is 16.7. The highest BCUT2D eigenvalue weighted by molar-refractivity contribution is 5.98. The van der Waals surface area contributed by atoms with Crippen LogP contribution in [0, 0.1) is 18.3 Å². The van der Waals surface area contributed by atoms with Crippen LogP contribution < -0.4 is 31.9 Å². The summed E-state index contributed by atoms with van der Waals surface area (Å²) < 4.78 is 27.2. The Hall–Kier alpha value is -5.89. The Labute approximate surface area is 445 Å². The normalized spacial score (nSPS) is 14.6. The molecule has 0 radical (unpaired) electrons. The van der Waals surface area contributed by atoms with E-state index in [1.54, 1.807) is 101 Å². The van der Waals surface area contributed by atoms with E-state index in [1.807, 2.05) is 45.9 Å². The first kappa shape index (κ1) is 67.1. The Morgan fingerprint density at radius 3 is 1.55 bits per heavy atom. The molecule has 0 saturated carbocycles. The predicted octanol–water partition coefficient (Wildman–Crippen LogP) is 5.10. The Morgan fingerprint density at radius 2 is 1.04 bits per heavy atom. The molecular weight excluding hydrogens is 969 g/mol. The minimum Gasteiger partial charge on any atom is -0.460 e. The third-order valence-corrected chi connectivity index (χ3v) is 10.9. The zero-order chi connectivity index (χ0) is 57.6. The van der Waals surface area contributed by atoms with Crippen LogP contribution in [-0.2, 0) is 73.3 Å². The van der Waals surface area contributed by atoms with E-state index in [-0.39, 0.29) is 31.6 Å². The number of aryl methyl sites for hydroxylation is 1. The highest BCUT2D eigenvalue weighted by Crippen LogP contribution is 2.22. The first-order chi connectivity index (χ1) is 34.5. The Morgan fingerprint density at radius 1 is 0.560 bits per heavy atom. The number of carbonyl (C=O) groups excluding carboxylic acids is 9. The number of nitrogens with one attached hydrogen (secondary N) is 6. The van der Waals surface area contributed by atoms with Gasteiger partial charge in [0.15, 0.2) is 6.29 Å². The van der Waals surface area contributed by atoms with Crippen LogP contribution in [0.2, 0.25) is 0 Å². The van der Waals surface area contributed by atoms with E-state index in [0.717, 1.165) is 5.56 Å². The van der Waals surface area contributed by atoms with Crippen LogP contribution in [0.5, 0.6) is 0 Å². The molecule has 0 saturated heterocycles. The molecule has 0 aliphatic carbocycles. The van der Waals surface area contributed by atoms with Crippen molar-refractivity contribution in [2.75, 3.05) is 14.2 Å². The fourth-order valence-electron chi connectivity index (χ4n) is 7.48. The van der Waals surface area contributed by atoms with Gasteiger partial charge in [-0.05, 0) is 118 Å². The van der Waals surface area contributed by atoms with E-state index in [0.29, 0.717) is 12.0 Å². The molecule has 20 heteroatoms. The average molecular weight is 1060 g/mol. The summed E-state index contributed by atoms with van der Waals surface area (Å²) in [7, 11) is 2.90. The number of rotatable bonds is 28. The molecule has 0 aliphatic rings. The largest absolute Gasteiger partial charge is 0.460 e. The summed E-state index contributed by atoms with van der Waals surface area (Å²) in [5, 5.41) is 16.4. The number of hydrogen-bond acceptors (Lipinski definition) is 14. The molecule has 6 atom stereocenters. The Balaban J connectivity index is 3.80. The third kappa shape index (κ3) is 27.5. The molecule has 0 aliphatic heterocycles. The smallest absolute Gasteiger partial charge is 0.308 e. The summed E-state index contributed by atoms with van der Waals surface area (Å²) in [6.45, 7) is 27.4. The number of methoxy groups -OCH3 is 2. The molecule has 75 heavy (non-hydrogen) atoms. The molecule has 0 spiro atoms. The minimum absolute atomic E-state index is 0.0520. The van der Waals surface area contributed by atoms with Crippen molar-refractivity contribution in [2.24, 2.45) is 11.3 Å². The van der Waals surface area contributed by atoms with Crippen LogP contribution in [0.3, 0.4) is 0 Å². The third-order valence-electron chi connectivity index (χ3n) is 10.9. The molecule has 424 valence electrons. The van der Waals surface area contributed by atoms with E-state index in [1.165, 1.54) is 14.2 Å². The van der Waals surface area contributed by atoms with E-state index in [9.17, 15) is 43.2 Å². The van der Waals surface area contributed by atoms with Gasteiger partial charge in [-0.25, -0.2) is 0 Å². The number of esters is 3. The van der Waals surface area contributed by atoms with Gasteiger partial charge in [0, 0.05) is 33.5 Å². The lowest BCUT2D eigenvalue weighted by atomic mass is 9.85. The maximum atomic E-state index is 14.7. The van der Waals surface area contributed by atoms with Crippen LogP contribution in [0.1, 0.15) is 160 Å². The highest BCUT2D eigenvalue weighted by Gasteiger charge is 2.39. The number of amides is 6. The molecule has 0 heterocycles. The maximum Gasteiger partial charge on any atom is 0.308 e. The van der Waals surface area contributed by atoms with Crippen molar-refractivity contribution in [1.29, 1.82) is 0 Å². The average Bonchev–Trinajstić information content (AvgIpc) is 3.25. The molecule has 6 amide bonds. The SMILES string of the molecule is C/C=C\C[C@H](NC(=O)[C@H](CC(C)C)NC(=O)[C@@H](NC(=O)[C@H](Cc1ccccc1C)NC(=O)[C@H](CCC(=O)OC(C)(C)C)NC(=O)[C@H](CC(=O)OC(C)(C)C)NC(=O)CCC(=O)OC(C)(C)C)C(C)(C)C)C(OC)OC. The van der Waals surface area contributed by atoms with E-state index >= 15 is 0 Å². The van der Waals surface area contributed by atoms with Gasteiger partial charge in [0.05, 0.1) is 18.9 Å². The van der Waals surface area contributed by atoms with Gasteiger partial charge < -0.3 is 55.6 Å². The van der Waals surface area contributed by atoms with Gasteiger partial charge in [-0.3, -0.25) is 43.2 Å². The molecule has 0 fully saturated rings. The second-order valence-electron chi connectivity index (χ2n) is 23.1. The molecule has 6 N–H and O–H groups in total. The lowest BCUT2D eigenvalue weighted by molar-refractivity contribution is -0.158. The van der Waals surface area contributed by atoms with E-state index in [2.05, 4.69) is 31.9 Å². The van der Waals surface area contributed by atoms with Crippen molar-refractivity contribution in [3.05, 3.63) is 47.5 Å². The van der Waals surface area contributed by atoms with Crippen molar-refractivity contribution < 1.29 is 66.8 Å². The number of ether oxygens (including phenoxy) is 5. The number of allylic oxidation sites excluding steroid dienone is 1. The van der Waals surface area contributed by atoms with Crippen LogP contribution in [0.15, 0.2) is 36.4 Å². The summed E-state index contributed by atoms with van der Waals surface area (Å²) >= 11 is 0. The minimum atomic E-state index is -1.64. The van der Waals surface area contributed by atoms with Crippen molar-refractivity contribution in [2.45, 2.75) is 221 Å². The fraction of sp³-hybridized carbons (Fsp3) is 0.691. The van der Waals surface area contributed by atoms with Gasteiger partial charge in [-0.1, -0.05) is 71.0 Å². The van der Waals surface area contributed by atoms with E-state index < -0.39 is 137 Å². The zero-order valence-corrected chi connectivity index (χ0v) is 48.0. The van der Waals surface area contributed by atoms with Gasteiger partial charge in [0.25, 0.3) is 0 Å². The van der Waals surface area contributed by atoms with Crippen LogP contribution in [-0.4, -0.2) is 127 Å². The molecule has 0 bridgehead atoms. The second kappa shape index (κ2) is 30.6. The van der Waals surface area contributed by atoms with Gasteiger partial charge in [0.1, 0.15) is 47.0 Å². The first-order valence-corrected chi connectivity index (χ1v) is 25.7. The number of carbonyl (C=O) groups is 9. The summed E-state index contributed by atoms with van der Waals surface area (Å²) in [6.07, 6.45) is 1.18. The van der Waals surface area contributed by atoms with Crippen molar-refractivity contribution in [3.63, 3.8) is 0 Å². The fourth-order valence-corrected chi connectivity index (χ4v) is 7.48. The zero-order valence-electron chi connectivity index (χ0n) is 48.0. The Kier molecular flexibility index (Phi) is 27.4. The van der Waals surface area contributed by atoms with Crippen LogP contribution in [0.4, 0.5) is 0 Å². The summed E-state index contributed by atoms with van der Waals surface area (Å²) in [4.78, 5) is 124. The van der Waals surface area contributed by atoms with Crippen molar-refractivity contribution in [3.8, 4) is 0 Å². The summed E-state index contributed by atoms with van der Waals surface area (Å²) in [6, 6.07) is -0.424. The van der Waals surface area contributed by atoms with E-state index in [4.69, 9.17) is 23.7 Å². The quantitative estimate of drug-likeness (QED) is 0.0276. The second-order valence-corrected chi connectivity index (χ2v) is 23.1. The standard InChI is InChI=1S/C55H90N6O14/c1-19-20-25-37(51(71-17)72-18)58-47(67)38(30-33(2)3)60-50(70)45(52(5,6)7)61-49(69)39(31-35-24-22-21-23-34(35)4)59-46(66)36(26-28-42(63)73-53(8,9)10)57-48(68)40(32-44(65)75-55(14,15)16)56-41(62)27-29-43(64)74-54(11,12)13/h19-24,33,36-40,45,51H,25-32H2,1-18H3,(H,56,62)(H,57,68)(H,58,67)(H,59,66)(H,60,70)(H,61,69)/b20-19-/t36-,37-,38-,39-,40-,45+/m0/s1. The molecular formula is C55H90N6O14. The molecule has 1 aromatic rings. The predicted molar refractivity (Wildman–Crippen MR) is 283 cm³/mol. The maximum absolute atomic E-state index is 14.7. The first-order valence-electron chi connectivity index (χ1n) is 25.7. The molecule has 20 nitrogen and oxygen atoms in total. The van der Waals surface area contributed by atoms with Gasteiger partial charge >= 0.3 is 17.9 Å². The van der Waals surface area contributed by atoms with Crippen LogP contribution >= 0.6 is 0 Å². The number of hydrogen-bond donors (Lipinski definition) is 6. The van der Waals surface area contributed by atoms with Gasteiger partial charge in [-0.15, -0.1) is 0 Å². The van der Waals surface area contributed by atoms with Gasteiger partial charge in [0.2, 0.25) is 35.4 Å². The molecule has 1 aromatic carbocycles. The number of benzene rings is 1. The summed E-state index contributed by atoms with van der Waals surface area (Å²) in [5.74, 6) is -7.01. The van der Waals surface area contributed by atoms with Crippen molar-refractivity contribution in [1.82, 2.24) is 31.9 Å². The van der Waals surface area contributed by atoms with Gasteiger partial charge in [-0.2, -0.15) is 0 Å². The molecule has 0 aromatic heterocycles. The molecule has 1 rings (SSSR count). The summed E-state index contributed by atoms with van der Waals surface area (Å²) in [5.41, 5.74) is -2.25. The van der Waals surface area contributed by atoms with Crippen LogP contribution in [0.25, 0.3) is 0 Å². The lowest BCUT2D eigenvalue weighted by Crippen LogP contribution is -2.62.